The molecule has 0 aliphatic carbocycles. The molecule has 0 aliphatic heterocycles. The Labute approximate surface area is 58.1 Å². The molecule has 0 atom stereocenters. The summed E-state index contributed by atoms with van der Waals surface area (Å²) in [6.45, 7) is 8.33. The Kier molecular flexibility index (Phi) is 4.59. The van der Waals surface area contributed by atoms with Gasteiger partial charge in [0.1, 0.15) is 0 Å². The van der Waals surface area contributed by atoms with Crippen molar-refractivity contribution in [1.29, 1.82) is 0 Å². The Balaban J connectivity index is 0. The minimum absolute atomic E-state index is 0. The zero-order chi connectivity index (χ0) is 6.08. The Morgan fingerprint density at radius 1 is 1.25 bits per heavy atom. The van der Waals surface area contributed by atoms with Gasteiger partial charge in [-0.3, -0.25) is 0 Å². The predicted molar refractivity (Wildman–Crippen MR) is 40.4 cm³/mol. The van der Waals surface area contributed by atoms with Crippen LogP contribution >= 0.6 is 12.4 Å². The summed E-state index contributed by atoms with van der Waals surface area (Å²) in [7, 11) is 0. The normalized spacial score (nSPS) is 11.2. The molecule has 0 aliphatic rings. The molecule has 0 saturated heterocycles. The van der Waals surface area contributed by atoms with Crippen molar-refractivity contribution in [2.45, 2.75) is 33.2 Å². The van der Waals surface area contributed by atoms with Crippen LogP contribution in [0.3, 0.4) is 0 Å². The van der Waals surface area contributed by atoms with E-state index in [0.29, 0.717) is 5.92 Å². The second-order valence-electron chi connectivity index (χ2n) is 2.98. The van der Waals surface area contributed by atoms with Gasteiger partial charge in [-0.25, -0.2) is 0 Å². The first kappa shape index (κ1) is 11.1. The molecule has 0 aromatic carbocycles. The Morgan fingerprint density at radius 2 is 1.38 bits per heavy atom. The first-order valence-electron chi connectivity index (χ1n) is 2.73. The summed E-state index contributed by atoms with van der Waals surface area (Å²) in [6, 6.07) is 0. The minimum atomic E-state index is 0. The van der Waals surface area contributed by atoms with E-state index in [1.54, 1.807) is 0 Å². The number of hydrogen-bond donors (Lipinski definition) is 1. The van der Waals surface area contributed by atoms with Crippen molar-refractivity contribution in [2.75, 3.05) is 0 Å². The van der Waals surface area contributed by atoms with E-state index in [2.05, 4.69) is 13.8 Å². The van der Waals surface area contributed by atoms with Gasteiger partial charge in [0.15, 0.2) is 0 Å². The van der Waals surface area contributed by atoms with Gasteiger partial charge in [-0.2, -0.15) is 0 Å². The lowest BCUT2D eigenvalue weighted by Gasteiger charge is -2.22. The van der Waals surface area contributed by atoms with Crippen LogP contribution in [0.2, 0.25) is 0 Å². The molecule has 0 rings (SSSR count). The van der Waals surface area contributed by atoms with Crippen LogP contribution in [0.5, 0.6) is 0 Å². The molecule has 1 nitrogen and oxygen atoms in total. The van der Waals surface area contributed by atoms with E-state index in [9.17, 15) is 0 Å². The number of halogens is 1. The molecule has 0 spiro atoms. The number of rotatable bonds is 1. The van der Waals surface area contributed by atoms with E-state index in [4.69, 9.17) is 5.73 Å². The number of hydrogen-bond acceptors (Lipinski definition) is 1. The molecule has 0 amide bonds. The van der Waals surface area contributed by atoms with Crippen LogP contribution in [-0.2, 0) is 0 Å². The highest BCUT2D eigenvalue weighted by molar-refractivity contribution is 5.85. The van der Waals surface area contributed by atoms with Gasteiger partial charge in [0.25, 0.3) is 0 Å². The molecular formula is C6H16ClN. The molecular weight excluding hydrogens is 122 g/mol. The third-order valence-electron chi connectivity index (χ3n) is 1.49. The third-order valence-corrected chi connectivity index (χ3v) is 1.49. The summed E-state index contributed by atoms with van der Waals surface area (Å²) >= 11 is 0. The molecule has 2 heteroatoms. The van der Waals surface area contributed by atoms with Crippen LogP contribution in [0, 0.1) is 5.92 Å². The molecule has 52 valence electrons. The highest BCUT2D eigenvalue weighted by atomic mass is 35.5. The van der Waals surface area contributed by atoms with E-state index >= 15 is 0 Å². The Bertz CT molecular complexity index is 54.0. The summed E-state index contributed by atoms with van der Waals surface area (Å²) in [5.41, 5.74) is 5.68. The third kappa shape index (κ3) is 4.41. The quantitative estimate of drug-likeness (QED) is 0.586. The van der Waals surface area contributed by atoms with Crippen molar-refractivity contribution >= 4 is 12.4 Å². The van der Waals surface area contributed by atoms with Crippen molar-refractivity contribution in [2.24, 2.45) is 11.7 Å². The Hall–Kier alpha value is 0.250. The summed E-state index contributed by atoms with van der Waals surface area (Å²) in [5, 5.41) is 0. The predicted octanol–water partition coefficient (Wildman–Crippen LogP) is 1.80. The fourth-order valence-corrected chi connectivity index (χ4v) is 0. The Morgan fingerprint density at radius 3 is 1.38 bits per heavy atom. The van der Waals surface area contributed by atoms with Gasteiger partial charge in [-0.05, 0) is 19.8 Å². The van der Waals surface area contributed by atoms with Crippen molar-refractivity contribution in [3.05, 3.63) is 0 Å². The van der Waals surface area contributed by atoms with Gasteiger partial charge >= 0.3 is 0 Å². The van der Waals surface area contributed by atoms with Crippen LogP contribution in [0.25, 0.3) is 0 Å². The topological polar surface area (TPSA) is 26.0 Å². The summed E-state index contributed by atoms with van der Waals surface area (Å²) in [5.74, 6) is 0.576. The standard InChI is InChI=1S/C6H15N.ClH/c1-5(2)6(3,4)7;/h5H,7H2,1-4H3;1H. The van der Waals surface area contributed by atoms with E-state index < -0.39 is 0 Å². The van der Waals surface area contributed by atoms with Gasteiger partial charge in [0, 0.05) is 5.54 Å². The van der Waals surface area contributed by atoms with Crippen LogP contribution in [0.1, 0.15) is 27.7 Å². The maximum atomic E-state index is 5.68. The van der Waals surface area contributed by atoms with Crippen LogP contribution in [0.15, 0.2) is 0 Å². The van der Waals surface area contributed by atoms with E-state index in [1.807, 2.05) is 13.8 Å². The molecule has 0 radical (unpaired) electrons. The lowest BCUT2D eigenvalue weighted by Crippen LogP contribution is -2.37. The zero-order valence-corrected chi connectivity index (χ0v) is 6.88. The molecule has 0 unspecified atom stereocenters. The smallest absolute Gasteiger partial charge is 0.0120 e. The maximum Gasteiger partial charge on any atom is 0.0120 e. The largest absolute Gasteiger partial charge is 0.325 e. The molecule has 0 saturated carbocycles. The van der Waals surface area contributed by atoms with E-state index in [-0.39, 0.29) is 17.9 Å². The first-order valence-corrected chi connectivity index (χ1v) is 2.73. The summed E-state index contributed by atoms with van der Waals surface area (Å²) in [6.07, 6.45) is 0. The van der Waals surface area contributed by atoms with Crippen molar-refractivity contribution in [3.63, 3.8) is 0 Å². The first-order chi connectivity index (χ1) is 2.94. The maximum absolute atomic E-state index is 5.68. The van der Waals surface area contributed by atoms with Gasteiger partial charge in [-0.15, -0.1) is 12.4 Å². The lowest BCUT2D eigenvalue weighted by atomic mass is 9.92. The fourth-order valence-electron chi connectivity index (χ4n) is 0. The van der Waals surface area contributed by atoms with E-state index in [0.717, 1.165) is 0 Å². The van der Waals surface area contributed by atoms with Crippen LogP contribution < -0.4 is 5.73 Å². The SMILES string of the molecule is CC(C)C(C)(C)N.Cl. The molecule has 0 fully saturated rings. The van der Waals surface area contributed by atoms with Gasteiger partial charge in [0.2, 0.25) is 0 Å². The summed E-state index contributed by atoms with van der Waals surface area (Å²) < 4.78 is 0. The van der Waals surface area contributed by atoms with Crippen molar-refractivity contribution < 1.29 is 0 Å². The number of nitrogens with two attached hydrogens (primary N) is 1. The average molecular weight is 138 g/mol. The molecule has 0 aromatic rings. The monoisotopic (exact) mass is 137 g/mol. The van der Waals surface area contributed by atoms with Crippen LogP contribution in [-0.4, -0.2) is 5.54 Å². The molecule has 0 bridgehead atoms. The molecule has 8 heavy (non-hydrogen) atoms. The molecule has 0 heterocycles. The van der Waals surface area contributed by atoms with Crippen LogP contribution in [0.4, 0.5) is 0 Å². The van der Waals surface area contributed by atoms with Gasteiger partial charge < -0.3 is 5.73 Å². The highest BCUT2D eigenvalue weighted by Crippen LogP contribution is 2.09. The summed E-state index contributed by atoms with van der Waals surface area (Å²) in [4.78, 5) is 0. The second-order valence-corrected chi connectivity index (χ2v) is 2.98. The lowest BCUT2D eigenvalue weighted by molar-refractivity contribution is 0.373. The zero-order valence-electron chi connectivity index (χ0n) is 6.06. The average Bonchev–Trinajstić information content (AvgIpc) is 1.31. The molecule has 2 N–H and O–H groups in total. The fraction of sp³-hybridized carbons (Fsp3) is 1.00. The van der Waals surface area contributed by atoms with Crippen molar-refractivity contribution in [1.82, 2.24) is 0 Å². The van der Waals surface area contributed by atoms with Gasteiger partial charge in [0.05, 0.1) is 0 Å². The minimum Gasteiger partial charge on any atom is -0.325 e. The highest BCUT2D eigenvalue weighted by Gasteiger charge is 2.14. The van der Waals surface area contributed by atoms with E-state index in [1.165, 1.54) is 0 Å². The second kappa shape index (κ2) is 3.31. The van der Waals surface area contributed by atoms with Crippen molar-refractivity contribution in [3.8, 4) is 0 Å². The molecule has 0 aromatic heterocycles. The van der Waals surface area contributed by atoms with Gasteiger partial charge in [-0.1, -0.05) is 13.8 Å².